The van der Waals surface area contributed by atoms with E-state index < -0.39 is 0 Å². The molecule has 0 unspecified atom stereocenters. The third-order valence-electron chi connectivity index (χ3n) is 5.74. The van der Waals surface area contributed by atoms with E-state index in [1.807, 2.05) is 23.1 Å². The van der Waals surface area contributed by atoms with Gasteiger partial charge in [0.25, 0.3) is 0 Å². The van der Waals surface area contributed by atoms with Crippen LogP contribution in [0.1, 0.15) is 24.3 Å². The second-order valence-corrected chi connectivity index (χ2v) is 8.03. The fourth-order valence-electron chi connectivity index (χ4n) is 4.12. The Morgan fingerprint density at radius 2 is 1.87 bits per heavy atom. The average Bonchev–Trinajstić information content (AvgIpc) is 3.42. The number of hydrogen-bond donors (Lipinski definition) is 1. The minimum atomic E-state index is 0.0208. The van der Waals surface area contributed by atoms with Crippen LogP contribution >= 0.6 is 11.6 Å². The van der Waals surface area contributed by atoms with Crippen LogP contribution in [0.5, 0.6) is 0 Å². The van der Waals surface area contributed by atoms with Crippen molar-refractivity contribution in [3.05, 3.63) is 65.3 Å². The van der Waals surface area contributed by atoms with Crippen molar-refractivity contribution in [2.24, 2.45) is 0 Å². The maximum Gasteiger partial charge on any atom is 0.246 e. The number of piperidine rings is 1. The van der Waals surface area contributed by atoms with Gasteiger partial charge in [0.15, 0.2) is 0 Å². The van der Waals surface area contributed by atoms with Gasteiger partial charge in [-0.15, -0.1) is 10.2 Å². The molecule has 7 nitrogen and oxygen atoms in total. The molecule has 0 aliphatic carbocycles. The predicted molar refractivity (Wildman–Crippen MR) is 115 cm³/mol. The average molecular weight is 421 g/mol. The van der Waals surface area contributed by atoms with Gasteiger partial charge in [-0.2, -0.15) is 4.80 Å². The molecule has 5 rings (SSSR count). The number of nitrogens with zero attached hydrogens (tertiary/aromatic N) is 5. The molecule has 2 aromatic heterocycles. The Bertz CT molecular complexity index is 1170. The minimum Gasteiger partial charge on any atom is -0.361 e. The summed E-state index contributed by atoms with van der Waals surface area (Å²) in [5, 5.41) is 14.4. The van der Waals surface area contributed by atoms with E-state index in [1.165, 1.54) is 21.3 Å². The summed E-state index contributed by atoms with van der Waals surface area (Å²) < 4.78 is 0. The van der Waals surface area contributed by atoms with Crippen molar-refractivity contribution in [3.63, 3.8) is 0 Å². The lowest BCUT2D eigenvalue weighted by Crippen LogP contribution is -2.40. The first-order chi connectivity index (χ1) is 14.7. The van der Waals surface area contributed by atoms with E-state index in [1.54, 1.807) is 12.1 Å². The van der Waals surface area contributed by atoms with Crippen LogP contribution in [-0.2, 0) is 11.3 Å². The predicted octanol–water partition coefficient (Wildman–Crippen LogP) is 3.88. The van der Waals surface area contributed by atoms with Gasteiger partial charge in [-0.1, -0.05) is 29.8 Å². The Morgan fingerprint density at radius 3 is 2.67 bits per heavy atom. The van der Waals surface area contributed by atoms with Crippen molar-refractivity contribution in [3.8, 4) is 11.4 Å². The number of halogens is 1. The molecule has 0 bridgehead atoms. The third-order valence-corrected chi connectivity index (χ3v) is 5.99. The number of amides is 1. The number of aromatic nitrogens is 5. The van der Waals surface area contributed by atoms with Crippen molar-refractivity contribution in [1.29, 1.82) is 0 Å². The van der Waals surface area contributed by atoms with Gasteiger partial charge in [0, 0.05) is 40.8 Å². The van der Waals surface area contributed by atoms with Gasteiger partial charge >= 0.3 is 0 Å². The number of likely N-dealkylation sites (tertiary alicyclic amines) is 1. The first-order valence-electron chi connectivity index (χ1n) is 10.0. The molecule has 2 aromatic carbocycles. The summed E-state index contributed by atoms with van der Waals surface area (Å²) in [6.07, 6.45) is 4.02. The van der Waals surface area contributed by atoms with Crippen LogP contribution in [0, 0.1) is 0 Å². The number of tetrazole rings is 1. The molecule has 1 saturated heterocycles. The van der Waals surface area contributed by atoms with Gasteiger partial charge in [0.05, 0.1) is 0 Å². The molecule has 152 valence electrons. The largest absolute Gasteiger partial charge is 0.361 e. The van der Waals surface area contributed by atoms with E-state index in [9.17, 15) is 4.79 Å². The van der Waals surface area contributed by atoms with Crippen LogP contribution in [0.3, 0.4) is 0 Å². The lowest BCUT2D eigenvalue weighted by atomic mass is 9.89. The highest BCUT2D eigenvalue weighted by atomic mass is 35.5. The topological polar surface area (TPSA) is 79.7 Å². The van der Waals surface area contributed by atoms with E-state index in [0.29, 0.717) is 16.8 Å². The molecule has 1 N–H and O–H groups in total. The quantitative estimate of drug-likeness (QED) is 0.543. The van der Waals surface area contributed by atoms with Gasteiger partial charge in [-0.3, -0.25) is 4.79 Å². The SMILES string of the molecule is O=C(Cn1nnc(-c2ccc(Cl)cc2)n1)N1CCC(c2c[nH]c3ccccc23)CC1. The minimum absolute atomic E-state index is 0.0208. The van der Waals surface area contributed by atoms with Crippen molar-refractivity contribution in [2.75, 3.05) is 13.1 Å². The lowest BCUT2D eigenvalue weighted by Gasteiger charge is -2.31. The Labute approximate surface area is 178 Å². The number of nitrogens with one attached hydrogen (secondary N) is 1. The van der Waals surface area contributed by atoms with Crippen molar-refractivity contribution in [2.45, 2.75) is 25.3 Å². The first kappa shape index (κ1) is 18.8. The number of rotatable bonds is 4. The number of fused-ring (bicyclic) bond motifs is 1. The normalized spacial score (nSPS) is 15.0. The Hall–Kier alpha value is -3.19. The molecule has 1 fully saturated rings. The van der Waals surface area contributed by atoms with Crippen LogP contribution in [0.2, 0.25) is 5.02 Å². The zero-order valence-corrected chi connectivity index (χ0v) is 17.1. The summed E-state index contributed by atoms with van der Waals surface area (Å²) in [6.45, 7) is 1.57. The summed E-state index contributed by atoms with van der Waals surface area (Å²) in [4.78, 5) is 19.4. The highest BCUT2D eigenvalue weighted by Crippen LogP contribution is 2.33. The van der Waals surface area contributed by atoms with Crippen LogP contribution in [-0.4, -0.2) is 49.1 Å². The Morgan fingerprint density at radius 1 is 1.10 bits per heavy atom. The number of carbonyl (C=O) groups excluding carboxylic acids is 1. The van der Waals surface area contributed by atoms with Crippen molar-refractivity contribution in [1.82, 2.24) is 30.1 Å². The smallest absolute Gasteiger partial charge is 0.246 e. The van der Waals surface area contributed by atoms with Gasteiger partial charge < -0.3 is 9.88 Å². The zero-order valence-electron chi connectivity index (χ0n) is 16.3. The molecule has 0 saturated carbocycles. The van der Waals surface area contributed by atoms with E-state index in [2.05, 4.69) is 44.8 Å². The fourth-order valence-corrected chi connectivity index (χ4v) is 4.24. The number of hydrogen-bond acceptors (Lipinski definition) is 4. The monoisotopic (exact) mass is 420 g/mol. The molecule has 3 heterocycles. The van der Waals surface area contributed by atoms with Crippen LogP contribution in [0.4, 0.5) is 0 Å². The van der Waals surface area contributed by atoms with E-state index in [0.717, 1.165) is 31.5 Å². The highest BCUT2D eigenvalue weighted by molar-refractivity contribution is 6.30. The van der Waals surface area contributed by atoms with Gasteiger partial charge in [0.2, 0.25) is 11.7 Å². The summed E-state index contributed by atoms with van der Waals surface area (Å²) in [7, 11) is 0. The summed E-state index contributed by atoms with van der Waals surface area (Å²) in [6, 6.07) is 15.6. The second kappa shape index (κ2) is 7.91. The van der Waals surface area contributed by atoms with Crippen molar-refractivity contribution < 1.29 is 4.79 Å². The molecule has 1 aliphatic rings. The summed E-state index contributed by atoms with van der Waals surface area (Å²) in [5.41, 5.74) is 3.33. The molecular weight excluding hydrogens is 400 g/mol. The zero-order chi connectivity index (χ0) is 20.5. The molecule has 0 spiro atoms. The molecule has 4 aromatic rings. The first-order valence-corrected chi connectivity index (χ1v) is 10.4. The van der Waals surface area contributed by atoms with Crippen LogP contribution in [0.25, 0.3) is 22.3 Å². The van der Waals surface area contributed by atoms with E-state index in [4.69, 9.17) is 11.6 Å². The molecule has 0 atom stereocenters. The molecule has 1 aliphatic heterocycles. The maximum atomic E-state index is 12.7. The van der Waals surface area contributed by atoms with E-state index in [-0.39, 0.29) is 12.5 Å². The van der Waals surface area contributed by atoms with Crippen molar-refractivity contribution >= 4 is 28.4 Å². The van der Waals surface area contributed by atoms with Gasteiger partial charge in [-0.25, -0.2) is 0 Å². The lowest BCUT2D eigenvalue weighted by molar-refractivity contribution is -0.133. The van der Waals surface area contributed by atoms with Gasteiger partial charge in [-0.05, 0) is 59.9 Å². The van der Waals surface area contributed by atoms with E-state index >= 15 is 0 Å². The Balaban J connectivity index is 1.21. The molecule has 8 heteroatoms. The molecule has 0 radical (unpaired) electrons. The standard InChI is InChI=1S/C22H21ClN6O/c23-17-7-5-16(6-8-17)22-25-27-29(26-22)14-21(30)28-11-9-15(10-12-28)19-13-24-20-4-2-1-3-18(19)20/h1-8,13,15,24H,9-12,14H2. The number of H-pyrrole nitrogens is 1. The number of benzene rings is 2. The molecule has 30 heavy (non-hydrogen) atoms. The molecule has 1 amide bonds. The number of aromatic amines is 1. The second-order valence-electron chi connectivity index (χ2n) is 7.60. The third kappa shape index (κ3) is 3.68. The molecular formula is C22H21ClN6O. The van der Waals surface area contributed by atoms with Crippen LogP contribution < -0.4 is 0 Å². The number of carbonyl (C=O) groups is 1. The summed E-state index contributed by atoms with van der Waals surface area (Å²) >= 11 is 5.92. The Kier molecular flexibility index (Phi) is 4.96. The van der Waals surface area contributed by atoms with Gasteiger partial charge in [0.1, 0.15) is 6.54 Å². The highest BCUT2D eigenvalue weighted by Gasteiger charge is 2.26. The fraction of sp³-hybridized carbons (Fsp3) is 0.273. The van der Waals surface area contributed by atoms with Crippen LogP contribution in [0.15, 0.2) is 54.7 Å². The maximum absolute atomic E-state index is 12.7. The summed E-state index contributed by atoms with van der Waals surface area (Å²) in [5.74, 6) is 0.969. The number of para-hydroxylation sites is 1.